The van der Waals surface area contributed by atoms with Gasteiger partial charge in [-0.25, -0.2) is 0 Å². The molecule has 24 heavy (non-hydrogen) atoms. The number of anilines is 1. The number of aryl methyl sites for hydroxylation is 4. The van der Waals surface area contributed by atoms with E-state index in [0.29, 0.717) is 6.54 Å². The van der Waals surface area contributed by atoms with Crippen LogP contribution in [0.3, 0.4) is 0 Å². The van der Waals surface area contributed by atoms with Crippen LogP contribution in [0.2, 0.25) is 0 Å². The van der Waals surface area contributed by atoms with Gasteiger partial charge in [-0.3, -0.25) is 4.68 Å². The molecule has 7 heteroatoms. The summed E-state index contributed by atoms with van der Waals surface area (Å²) in [6, 6.07) is 2.03. The fourth-order valence-corrected chi connectivity index (χ4v) is 2.97. The Morgan fingerprint density at radius 3 is 2.71 bits per heavy atom. The molecule has 0 amide bonds. The molecule has 1 aliphatic rings. The summed E-state index contributed by atoms with van der Waals surface area (Å²) in [6.45, 7) is 8.39. The molecule has 3 aromatic rings. The van der Waals surface area contributed by atoms with Gasteiger partial charge in [-0.05, 0) is 33.8 Å². The lowest BCUT2D eigenvalue weighted by atomic mass is 10.2. The van der Waals surface area contributed by atoms with Crippen molar-refractivity contribution >= 4 is 5.69 Å². The van der Waals surface area contributed by atoms with E-state index in [2.05, 4.69) is 15.6 Å². The van der Waals surface area contributed by atoms with E-state index in [9.17, 15) is 0 Å². The van der Waals surface area contributed by atoms with Crippen LogP contribution in [-0.4, -0.2) is 21.2 Å². The number of nitrogens with zero attached hydrogens (tertiary/aromatic N) is 3. The minimum atomic E-state index is -0.0441. The molecule has 4 heterocycles. The molecular formula is C17H20N4O3. The highest BCUT2D eigenvalue weighted by atomic mass is 16.6. The number of ether oxygens (including phenoxy) is 1. The summed E-state index contributed by atoms with van der Waals surface area (Å²) in [4.78, 5) is 0. The molecule has 7 nitrogen and oxygen atoms in total. The molecule has 0 aromatic carbocycles. The fourth-order valence-electron chi connectivity index (χ4n) is 2.97. The van der Waals surface area contributed by atoms with E-state index in [1.807, 2.05) is 44.6 Å². The Bertz CT molecular complexity index is 857. The van der Waals surface area contributed by atoms with Crippen LogP contribution in [0, 0.1) is 27.7 Å². The number of hydrogen-bond donors (Lipinski definition) is 1. The Morgan fingerprint density at radius 1 is 1.21 bits per heavy atom. The van der Waals surface area contributed by atoms with E-state index >= 15 is 0 Å². The summed E-state index contributed by atoms with van der Waals surface area (Å²) in [5.74, 6) is 2.65. The highest BCUT2D eigenvalue weighted by Crippen LogP contribution is 2.41. The summed E-state index contributed by atoms with van der Waals surface area (Å²) in [5.41, 5.74) is 3.99. The van der Waals surface area contributed by atoms with Crippen molar-refractivity contribution in [1.82, 2.24) is 14.9 Å². The lowest BCUT2D eigenvalue weighted by Crippen LogP contribution is -2.04. The Morgan fingerprint density at radius 2 is 2.04 bits per heavy atom. The number of aromatic nitrogens is 3. The second kappa shape index (κ2) is 5.52. The summed E-state index contributed by atoms with van der Waals surface area (Å²) in [5, 5.41) is 11.7. The topological polar surface area (TPSA) is 81.5 Å². The summed E-state index contributed by atoms with van der Waals surface area (Å²) >= 11 is 0. The van der Waals surface area contributed by atoms with E-state index in [-0.39, 0.29) is 12.3 Å². The van der Waals surface area contributed by atoms with Crippen LogP contribution < -0.4 is 5.32 Å². The standard InChI is InChI=1S/C17H20N4O3/c1-9-5-14(11(3)22-9)16-17(23-16)19-13-6-18-21(7-13)8-15-10(2)20-24-12(15)4/h5-7,16-17,19H,8H2,1-4H3. The summed E-state index contributed by atoms with van der Waals surface area (Å²) < 4.78 is 18.3. The van der Waals surface area contributed by atoms with Crippen LogP contribution in [0.4, 0.5) is 5.69 Å². The highest BCUT2D eigenvalue weighted by Gasteiger charge is 2.42. The second-order valence-electron chi connectivity index (χ2n) is 6.22. The van der Waals surface area contributed by atoms with Crippen molar-refractivity contribution in [3.8, 4) is 0 Å². The first kappa shape index (κ1) is 15.0. The third kappa shape index (κ3) is 2.71. The third-order valence-electron chi connectivity index (χ3n) is 4.32. The van der Waals surface area contributed by atoms with Crippen LogP contribution in [-0.2, 0) is 11.3 Å². The Labute approximate surface area is 139 Å². The molecule has 2 atom stereocenters. The van der Waals surface area contributed by atoms with Crippen molar-refractivity contribution in [2.24, 2.45) is 0 Å². The predicted octanol–water partition coefficient (Wildman–Crippen LogP) is 3.26. The minimum Gasteiger partial charge on any atom is -0.466 e. The Kier molecular flexibility index (Phi) is 3.45. The average Bonchev–Trinajstić information content (AvgIpc) is 2.81. The quantitative estimate of drug-likeness (QED) is 0.724. The fraction of sp³-hybridized carbons (Fsp3) is 0.412. The maximum absolute atomic E-state index is 5.72. The Balaban J connectivity index is 1.41. The van der Waals surface area contributed by atoms with Crippen molar-refractivity contribution in [1.29, 1.82) is 0 Å². The predicted molar refractivity (Wildman–Crippen MR) is 86.7 cm³/mol. The number of epoxide rings is 1. The lowest BCUT2D eigenvalue weighted by molar-refractivity contribution is 0.383. The highest BCUT2D eigenvalue weighted by molar-refractivity contribution is 5.42. The normalized spacial score (nSPS) is 19.7. The first-order valence-corrected chi connectivity index (χ1v) is 7.94. The zero-order chi connectivity index (χ0) is 16.8. The number of rotatable bonds is 5. The van der Waals surface area contributed by atoms with Crippen molar-refractivity contribution in [2.75, 3.05) is 5.32 Å². The molecule has 3 aromatic heterocycles. The Hall–Kier alpha value is -2.54. The minimum absolute atomic E-state index is 0.0355. The van der Waals surface area contributed by atoms with Crippen molar-refractivity contribution in [3.63, 3.8) is 0 Å². The van der Waals surface area contributed by atoms with Crippen molar-refractivity contribution in [2.45, 2.75) is 46.6 Å². The maximum atomic E-state index is 5.72. The van der Waals surface area contributed by atoms with Gasteiger partial charge in [0.05, 0.1) is 24.1 Å². The van der Waals surface area contributed by atoms with Gasteiger partial charge < -0.3 is 19.0 Å². The molecule has 2 unspecified atom stereocenters. The SMILES string of the molecule is Cc1cc(C2OC2Nc2cnn(Cc3c(C)noc3C)c2)c(C)o1. The first-order chi connectivity index (χ1) is 11.5. The van der Waals surface area contributed by atoms with Crippen LogP contribution in [0.25, 0.3) is 0 Å². The summed E-state index contributed by atoms with van der Waals surface area (Å²) in [7, 11) is 0. The van der Waals surface area contributed by atoms with Crippen molar-refractivity contribution in [3.05, 3.63) is 52.6 Å². The molecule has 126 valence electrons. The van der Waals surface area contributed by atoms with Crippen LogP contribution in [0.5, 0.6) is 0 Å². The monoisotopic (exact) mass is 328 g/mol. The van der Waals surface area contributed by atoms with Gasteiger partial charge in [-0.1, -0.05) is 5.16 Å². The van der Waals surface area contributed by atoms with Crippen molar-refractivity contribution < 1.29 is 13.7 Å². The first-order valence-electron chi connectivity index (χ1n) is 7.94. The van der Waals surface area contributed by atoms with Gasteiger partial charge in [0.2, 0.25) is 0 Å². The van der Waals surface area contributed by atoms with Gasteiger partial charge in [0.1, 0.15) is 23.4 Å². The van der Waals surface area contributed by atoms with Gasteiger partial charge in [0.15, 0.2) is 6.23 Å². The van der Waals surface area contributed by atoms with Crippen LogP contribution in [0.15, 0.2) is 27.4 Å². The van der Waals surface area contributed by atoms with Crippen LogP contribution >= 0.6 is 0 Å². The van der Waals surface area contributed by atoms with Gasteiger partial charge in [-0.15, -0.1) is 0 Å². The molecular weight excluding hydrogens is 308 g/mol. The molecule has 4 rings (SSSR count). The number of hydrogen-bond acceptors (Lipinski definition) is 6. The van der Waals surface area contributed by atoms with Crippen LogP contribution in [0.1, 0.15) is 40.2 Å². The maximum Gasteiger partial charge on any atom is 0.159 e. The molecule has 1 N–H and O–H groups in total. The molecule has 0 bridgehead atoms. The zero-order valence-corrected chi connectivity index (χ0v) is 14.2. The smallest absolute Gasteiger partial charge is 0.159 e. The molecule has 0 saturated carbocycles. The van der Waals surface area contributed by atoms with E-state index < -0.39 is 0 Å². The average molecular weight is 328 g/mol. The largest absolute Gasteiger partial charge is 0.466 e. The molecule has 1 aliphatic heterocycles. The molecule has 0 spiro atoms. The number of furan rings is 1. The molecule has 0 radical (unpaired) electrons. The molecule has 1 saturated heterocycles. The van der Waals surface area contributed by atoms with E-state index in [4.69, 9.17) is 13.7 Å². The third-order valence-corrected chi connectivity index (χ3v) is 4.32. The van der Waals surface area contributed by atoms with Gasteiger partial charge in [0, 0.05) is 17.3 Å². The lowest BCUT2D eigenvalue weighted by Gasteiger charge is -2.00. The second-order valence-corrected chi connectivity index (χ2v) is 6.22. The zero-order valence-electron chi connectivity index (χ0n) is 14.2. The number of nitrogens with one attached hydrogen (secondary N) is 1. The molecule has 1 fully saturated rings. The van der Waals surface area contributed by atoms with Gasteiger partial charge in [-0.2, -0.15) is 5.10 Å². The van der Waals surface area contributed by atoms with E-state index in [1.54, 1.807) is 6.20 Å². The molecule has 0 aliphatic carbocycles. The summed E-state index contributed by atoms with van der Waals surface area (Å²) in [6.07, 6.45) is 3.74. The van der Waals surface area contributed by atoms with Gasteiger partial charge in [0.25, 0.3) is 0 Å². The van der Waals surface area contributed by atoms with E-state index in [1.165, 1.54) is 0 Å². The van der Waals surface area contributed by atoms with Gasteiger partial charge >= 0.3 is 0 Å². The van der Waals surface area contributed by atoms with E-state index in [0.717, 1.165) is 39.8 Å².